The van der Waals surface area contributed by atoms with E-state index in [2.05, 4.69) is 0 Å². The van der Waals surface area contributed by atoms with E-state index in [0.29, 0.717) is 0 Å². The Labute approximate surface area is 80.1 Å². The average Bonchev–Trinajstić information content (AvgIpc) is 2.46. The van der Waals surface area contributed by atoms with Crippen LogP contribution in [-0.4, -0.2) is 5.91 Å². The molecule has 0 aliphatic rings. The molecule has 0 radical (unpaired) electrons. The van der Waals surface area contributed by atoms with E-state index in [9.17, 15) is 4.79 Å². The number of primary amides is 1. The number of thiophene rings is 1. The molecule has 0 fully saturated rings. The van der Waals surface area contributed by atoms with E-state index in [1.807, 2.05) is 18.4 Å². The number of carbonyl (C=O) groups is 1. The molecule has 0 spiro atoms. The van der Waals surface area contributed by atoms with Gasteiger partial charge in [-0.05, 0) is 30.0 Å². The summed E-state index contributed by atoms with van der Waals surface area (Å²) in [6.45, 7) is 1.92. The summed E-state index contributed by atoms with van der Waals surface area (Å²) in [5.74, 6) is -0.687. The topological polar surface area (TPSA) is 66.9 Å². The highest BCUT2D eigenvalue weighted by molar-refractivity contribution is 7.10. The number of carbonyl (C=O) groups excluding carboxylic acids is 1. The van der Waals surface area contributed by atoms with E-state index >= 15 is 0 Å². The molecule has 1 aromatic rings. The highest BCUT2D eigenvalue weighted by Gasteiger charge is 2.04. The lowest BCUT2D eigenvalue weighted by atomic mass is 10.1. The first-order valence-corrected chi connectivity index (χ1v) is 4.49. The predicted octanol–water partition coefficient (Wildman–Crippen LogP) is 1.45. The fourth-order valence-corrected chi connectivity index (χ4v) is 1.54. The van der Waals surface area contributed by atoms with Crippen LogP contribution in [0.2, 0.25) is 0 Å². The summed E-state index contributed by atoms with van der Waals surface area (Å²) in [6.07, 6.45) is 1.51. The van der Waals surface area contributed by atoms with Gasteiger partial charge in [-0.15, -0.1) is 11.3 Å². The molecule has 0 atom stereocenters. The van der Waals surface area contributed by atoms with Crippen LogP contribution in [0.5, 0.6) is 0 Å². The molecule has 0 aliphatic carbocycles. The molecule has 13 heavy (non-hydrogen) atoms. The van der Waals surface area contributed by atoms with Crippen LogP contribution in [0.1, 0.15) is 10.4 Å². The predicted molar refractivity (Wildman–Crippen MR) is 51.8 cm³/mol. The molecule has 1 aromatic heterocycles. The molecule has 0 aliphatic heterocycles. The van der Waals surface area contributed by atoms with Gasteiger partial charge in [-0.3, -0.25) is 4.79 Å². The normalized spacial score (nSPS) is 10.9. The van der Waals surface area contributed by atoms with Crippen molar-refractivity contribution in [2.45, 2.75) is 6.92 Å². The lowest BCUT2D eigenvalue weighted by Gasteiger charge is -1.91. The van der Waals surface area contributed by atoms with Crippen molar-refractivity contribution in [1.82, 2.24) is 0 Å². The minimum Gasteiger partial charge on any atom is -0.365 e. The monoisotopic (exact) mass is 192 g/mol. The van der Waals surface area contributed by atoms with Crippen LogP contribution in [0, 0.1) is 18.3 Å². The minimum absolute atomic E-state index is 0.0125. The maximum Gasteiger partial charge on any atom is 0.259 e. The molecule has 0 bridgehead atoms. The van der Waals surface area contributed by atoms with Crippen LogP contribution in [0.4, 0.5) is 0 Å². The van der Waals surface area contributed by atoms with Crippen molar-refractivity contribution < 1.29 is 4.79 Å². The second-order valence-electron chi connectivity index (χ2n) is 2.47. The number of nitriles is 1. The fraction of sp³-hybridized carbons (Fsp3) is 0.111. The summed E-state index contributed by atoms with van der Waals surface area (Å²) < 4.78 is 0. The second kappa shape index (κ2) is 3.87. The van der Waals surface area contributed by atoms with Gasteiger partial charge < -0.3 is 5.73 Å². The van der Waals surface area contributed by atoms with Crippen molar-refractivity contribution in [3.05, 3.63) is 27.5 Å². The Morgan fingerprint density at radius 3 is 2.85 bits per heavy atom. The van der Waals surface area contributed by atoms with Gasteiger partial charge in [0.15, 0.2) is 0 Å². The van der Waals surface area contributed by atoms with Crippen molar-refractivity contribution in [1.29, 1.82) is 5.26 Å². The minimum atomic E-state index is -0.687. The smallest absolute Gasteiger partial charge is 0.259 e. The highest BCUT2D eigenvalue weighted by atomic mass is 32.1. The van der Waals surface area contributed by atoms with Gasteiger partial charge in [0, 0.05) is 4.88 Å². The van der Waals surface area contributed by atoms with Gasteiger partial charge in [0.2, 0.25) is 0 Å². The number of rotatable bonds is 2. The maximum atomic E-state index is 10.7. The molecule has 66 valence electrons. The van der Waals surface area contributed by atoms with Crippen LogP contribution in [0.3, 0.4) is 0 Å². The lowest BCUT2D eigenvalue weighted by Crippen LogP contribution is -2.12. The van der Waals surface area contributed by atoms with Crippen molar-refractivity contribution in [3.8, 4) is 6.07 Å². The quantitative estimate of drug-likeness (QED) is 0.569. The summed E-state index contributed by atoms with van der Waals surface area (Å²) in [7, 11) is 0. The molecular weight excluding hydrogens is 184 g/mol. The molecule has 4 heteroatoms. The highest BCUT2D eigenvalue weighted by Crippen LogP contribution is 2.17. The van der Waals surface area contributed by atoms with E-state index in [0.717, 1.165) is 10.4 Å². The first kappa shape index (κ1) is 9.49. The van der Waals surface area contributed by atoms with E-state index in [1.165, 1.54) is 6.08 Å². The molecule has 0 saturated carbocycles. The van der Waals surface area contributed by atoms with Crippen LogP contribution in [0.25, 0.3) is 6.08 Å². The van der Waals surface area contributed by atoms with Gasteiger partial charge >= 0.3 is 0 Å². The van der Waals surface area contributed by atoms with Crippen molar-refractivity contribution in [3.63, 3.8) is 0 Å². The maximum absolute atomic E-state index is 10.7. The third-order valence-electron chi connectivity index (χ3n) is 1.58. The Kier molecular flexibility index (Phi) is 2.83. The Hall–Kier alpha value is -1.60. The van der Waals surface area contributed by atoms with Crippen molar-refractivity contribution >= 4 is 23.3 Å². The van der Waals surface area contributed by atoms with Gasteiger partial charge in [-0.1, -0.05) is 0 Å². The van der Waals surface area contributed by atoms with Gasteiger partial charge in [0.05, 0.1) is 0 Å². The molecule has 0 aromatic carbocycles. The zero-order chi connectivity index (χ0) is 9.84. The van der Waals surface area contributed by atoms with E-state index in [-0.39, 0.29) is 5.57 Å². The number of nitrogens with two attached hydrogens (primary N) is 1. The van der Waals surface area contributed by atoms with Crippen LogP contribution >= 0.6 is 11.3 Å². The Balaban J connectivity index is 3.07. The van der Waals surface area contributed by atoms with Gasteiger partial charge in [-0.25, -0.2) is 0 Å². The fourth-order valence-electron chi connectivity index (χ4n) is 0.859. The molecule has 1 heterocycles. The zero-order valence-corrected chi connectivity index (χ0v) is 7.89. The summed E-state index contributed by atoms with van der Waals surface area (Å²) in [5.41, 5.74) is 5.85. The number of hydrogen-bond acceptors (Lipinski definition) is 3. The molecule has 0 unspecified atom stereocenters. The van der Waals surface area contributed by atoms with Crippen LogP contribution in [0.15, 0.2) is 17.0 Å². The second-order valence-corrected chi connectivity index (χ2v) is 3.59. The van der Waals surface area contributed by atoms with Gasteiger partial charge in [0.1, 0.15) is 11.6 Å². The van der Waals surface area contributed by atoms with Crippen molar-refractivity contribution in [2.24, 2.45) is 5.73 Å². The number of nitrogens with zero attached hydrogens (tertiary/aromatic N) is 1. The molecular formula is C9H8N2OS. The molecule has 0 saturated heterocycles. The molecule has 1 rings (SSSR count). The van der Waals surface area contributed by atoms with E-state index in [1.54, 1.807) is 17.4 Å². The largest absolute Gasteiger partial charge is 0.365 e. The van der Waals surface area contributed by atoms with Gasteiger partial charge in [-0.2, -0.15) is 5.26 Å². The zero-order valence-electron chi connectivity index (χ0n) is 7.07. The third-order valence-corrected chi connectivity index (χ3v) is 2.45. The summed E-state index contributed by atoms with van der Waals surface area (Å²) in [4.78, 5) is 11.8. The van der Waals surface area contributed by atoms with Crippen molar-refractivity contribution in [2.75, 3.05) is 0 Å². The molecule has 1 amide bonds. The average molecular weight is 192 g/mol. The summed E-state index contributed by atoms with van der Waals surface area (Å²) in [6, 6.07) is 3.61. The summed E-state index contributed by atoms with van der Waals surface area (Å²) in [5, 5.41) is 10.5. The van der Waals surface area contributed by atoms with Gasteiger partial charge in [0.25, 0.3) is 5.91 Å². The first-order chi connectivity index (χ1) is 6.15. The van der Waals surface area contributed by atoms with Crippen LogP contribution < -0.4 is 5.73 Å². The van der Waals surface area contributed by atoms with E-state index in [4.69, 9.17) is 11.0 Å². The van der Waals surface area contributed by atoms with E-state index < -0.39 is 5.91 Å². The number of aryl methyl sites for hydroxylation is 1. The number of hydrogen-bond donors (Lipinski definition) is 1. The Morgan fingerprint density at radius 2 is 2.46 bits per heavy atom. The lowest BCUT2D eigenvalue weighted by molar-refractivity contribution is -0.114. The standard InChI is InChI=1S/C9H8N2OS/c1-6-7(2-3-13-6)4-8(5-10)9(11)12/h2-4H,1H3,(H2,11,12)/b8-4+. The molecule has 2 N–H and O–H groups in total. The summed E-state index contributed by atoms with van der Waals surface area (Å²) >= 11 is 1.56. The Bertz CT molecular complexity index is 398. The molecule has 3 nitrogen and oxygen atoms in total. The number of amides is 1. The first-order valence-electron chi connectivity index (χ1n) is 3.61. The Morgan fingerprint density at radius 1 is 1.77 bits per heavy atom. The SMILES string of the molecule is Cc1sccc1/C=C(\C#N)C(N)=O. The third kappa shape index (κ3) is 2.17. The van der Waals surface area contributed by atoms with Crippen LogP contribution in [-0.2, 0) is 4.79 Å².